The molecule has 0 aromatic carbocycles. The first-order valence-corrected chi connectivity index (χ1v) is 7.26. The van der Waals surface area contributed by atoms with Crippen LogP contribution in [0.25, 0.3) is 0 Å². The molecule has 4 nitrogen and oxygen atoms in total. The summed E-state index contributed by atoms with van der Waals surface area (Å²) in [5.74, 6) is 1.70. The van der Waals surface area contributed by atoms with E-state index in [-0.39, 0.29) is 6.09 Å². The molecule has 0 bridgehead atoms. The molecule has 4 heteroatoms. The van der Waals surface area contributed by atoms with E-state index in [2.05, 4.69) is 6.92 Å². The minimum absolute atomic E-state index is 0.213. The lowest BCUT2D eigenvalue weighted by Crippen LogP contribution is -2.49. The van der Waals surface area contributed by atoms with E-state index in [1.165, 1.54) is 0 Å². The summed E-state index contributed by atoms with van der Waals surface area (Å²) < 4.78 is 5.43. The maximum absolute atomic E-state index is 12.1. The van der Waals surface area contributed by atoms with Crippen LogP contribution in [0.15, 0.2) is 0 Å². The SMILES string of the molecule is C[C@H]1CC(=O)C[C@H]2CCN(C(=O)OC(C)(C)C)C[C@H]21. The number of likely N-dealkylation sites (tertiary alicyclic amines) is 1. The zero-order valence-electron chi connectivity index (χ0n) is 12.4. The molecule has 0 aromatic heterocycles. The minimum atomic E-state index is -0.442. The van der Waals surface area contributed by atoms with Crippen molar-refractivity contribution in [3.05, 3.63) is 0 Å². The van der Waals surface area contributed by atoms with Crippen molar-refractivity contribution in [1.82, 2.24) is 4.90 Å². The number of ketones is 1. The number of hydrogen-bond acceptors (Lipinski definition) is 3. The van der Waals surface area contributed by atoms with E-state index in [1.54, 1.807) is 0 Å². The van der Waals surface area contributed by atoms with Crippen LogP contribution in [0.3, 0.4) is 0 Å². The minimum Gasteiger partial charge on any atom is -0.444 e. The van der Waals surface area contributed by atoms with Gasteiger partial charge < -0.3 is 9.64 Å². The molecule has 108 valence electrons. The lowest BCUT2D eigenvalue weighted by atomic mass is 9.69. The van der Waals surface area contributed by atoms with Gasteiger partial charge in [-0.2, -0.15) is 0 Å². The highest BCUT2D eigenvalue weighted by Crippen LogP contribution is 2.38. The molecule has 2 rings (SSSR count). The summed E-state index contributed by atoms with van der Waals surface area (Å²) in [7, 11) is 0. The molecule has 0 radical (unpaired) electrons. The standard InChI is InChI=1S/C15H25NO3/c1-10-7-12(17)8-11-5-6-16(9-13(10)11)14(18)19-15(2,3)4/h10-11,13H,5-9H2,1-4H3/t10-,11+,13-/m0/s1. The van der Waals surface area contributed by atoms with Gasteiger partial charge in [-0.15, -0.1) is 0 Å². The quantitative estimate of drug-likeness (QED) is 0.678. The Kier molecular flexibility index (Phi) is 3.88. The molecule has 0 N–H and O–H groups in total. The van der Waals surface area contributed by atoms with Gasteiger partial charge in [-0.05, 0) is 44.9 Å². The number of piperidine rings is 1. The fourth-order valence-corrected chi connectivity index (χ4v) is 3.31. The summed E-state index contributed by atoms with van der Waals surface area (Å²) in [6.45, 7) is 9.26. The smallest absolute Gasteiger partial charge is 0.410 e. The van der Waals surface area contributed by atoms with E-state index in [0.29, 0.717) is 36.4 Å². The number of nitrogens with zero attached hydrogens (tertiary/aromatic N) is 1. The summed E-state index contributed by atoms with van der Waals surface area (Å²) in [5, 5.41) is 0. The van der Waals surface area contributed by atoms with Gasteiger partial charge in [-0.1, -0.05) is 6.92 Å². The van der Waals surface area contributed by atoms with Gasteiger partial charge in [-0.3, -0.25) is 4.79 Å². The monoisotopic (exact) mass is 267 g/mol. The Labute approximate surface area is 115 Å². The van der Waals surface area contributed by atoms with E-state index in [1.807, 2.05) is 25.7 Å². The van der Waals surface area contributed by atoms with E-state index >= 15 is 0 Å². The first kappa shape index (κ1) is 14.4. The molecule has 1 saturated heterocycles. The summed E-state index contributed by atoms with van der Waals surface area (Å²) in [6, 6.07) is 0. The molecular weight excluding hydrogens is 242 g/mol. The van der Waals surface area contributed by atoms with Gasteiger partial charge in [0.1, 0.15) is 11.4 Å². The Morgan fingerprint density at radius 2 is 2.00 bits per heavy atom. The van der Waals surface area contributed by atoms with Gasteiger partial charge in [-0.25, -0.2) is 4.79 Å². The second kappa shape index (κ2) is 5.14. The first-order valence-electron chi connectivity index (χ1n) is 7.26. The lowest BCUT2D eigenvalue weighted by Gasteiger charge is -2.43. The zero-order valence-corrected chi connectivity index (χ0v) is 12.4. The number of carbonyl (C=O) groups is 2. The van der Waals surface area contributed by atoms with Gasteiger partial charge in [0.05, 0.1) is 0 Å². The number of carbonyl (C=O) groups excluding carboxylic acids is 2. The third-order valence-corrected chi connectivity index (χ3v) is 4.23. The Bertz CT molecular complexity index is 372. The second-order valence-electron chi connectivity index (χ2n) is 7.06. The highest BCUT2D eigenvalue weighted by atomic mass is 16.6. The molecule has 19 heavy (non-hydrogen) atoms. The van der Waals surface area contributed by atoms with Crippen LogP contribution in [-0.4, -0.2) is 35.5 Å². The van der Waals surface area contributed by atoms with Crippen molar-refractivity contribution in [1.29, 1.82) is 0 Å². The van der Waals surface area contributed by atoms with Crippen molar-refractivity contribution >= 4 is 11.9 Å². The molecule has 0 aromatic rings. The van der Waals surface area contributed by atoms with Crippen molar-refractivity contribution in [3.63, 3.8) is 0 Å². The number of fused-ring (bicyclic) bond motifs is 1. The van der Waals surface area contributed by atoms with Crippen molar-refractivity contribution in [2.24, 2.45) is 17.8 Å². The van der Waals surface area contributed by atoms with Crippen LogP contribution in [0.5, 0.6) is 0 Å². The number of rotatable bonds is 0. The lowest BCUT2D eigenvalue weighted by molar-refractivity contribution is -0.125. The van der Waals surface area contributed by atoms with Crippen LogP contribution in [-0.2, 0) is 9.53 Å². The molecule has 2 aliphatic rings. The molecule has 1 saturated carbocycles. The van der Waals surface area contributed by atoms with Crippen LogP contribution in [0.2, 0.25) is 0 Å². The van der Waals surface area contributed by atoms with E-state index in [9.17, 15) is 9.59 Å². The second-order valence-corrected chi connectivity index (χ2v) is 7.06. The van der Waals surface area contributed by atoms with E-state index in [4.69, 9.17) is 4.74 Å². The molecular formula is C15H25NO3. The maximum Gasteiger partial charge on any atom is 0.410 e. The van der Waals surface area contributed by atoms with Gasteiger partial charge >= 0.3 is 6.09 Å². The molecule has 3 atom stereocenters. The molecule has 1 heterocycles. The van der Waals surface area contributed by atoms with Crippen LogP contribution in [0, 0.1) is 17.8 Å². The van der Waals surface area contributed by atoms with Crippen molar-refractivity contribution in [3.8, 4) is 0 Å². The highest BCUT2D eigenvalue weighted by Gasteiger charge is 2.40. The highest BCUT2D eigenvalue weighted by molar-refractivity contribution is 5.80. The van der Waals surface area contributed by atoms with Gasteiger partial charge in [0, 0.05) is 25.9 Å². The predicted octanol–water partition coefficient (Wildman–Crippen LogP) is 2.86. The molecule has 0 unspecified atom stereocenters. The Morgan fingerprint density at radius 3 is 2.63 bits per heavy atom. The van der Waals surface area contributed by atoms with Crippen LogP contribution >= 0.6 is 0 Å². The van der Waals surface area contributed by atoms with Crippen LogP contribution in [0.4, 0.5) is 4.79 Å². The molecule has 1 amide bonds. The van der Waals surface area contributed by atoms with Crippen molar-refractivity contribution in [2.45, 2.75) is 52.6 Å². The predicted molar refractivity (Wildman–Crippen MR) is 72.8 cm³/mol. The normalized spacial score (nSPS) is 31.9. The largest absolute Gasteiger partial charge is 0.444 e. The fourth-order valence-electron chi connectivity index (χ4n) is 3.31. The third-order valence-electron chi connectivity index (χ3n) is 4.23. The maximum atomic E-state index is 12.1. The van der Waals surface area contributed by atoms with E-state index < -0.39 is 5.60 Å². The third kappa shape index (κ3) is 3.48. The van der Waals surface area contributed by atoms with Gasteiger partial charge in [0.15, 0.2) is 0 Å². The van der Waals surface area contributed by atoms with Gasteiger partial charge in [0.25, 0.3) is 0 Å². The number of ether oxygens (including phenoxy) is 1. The fraction of sp³-hybridized carbons (Fsp3) is 0.867. The molecule has 1 aliphatic carbocycles. The summed E-state index contributed by atoms with van der Waals surface area (Å²) in [4.78, 5) is 25.5. The summed E-state index contributed by atoms with van der Waals surface area (Å²) in [5.41, 5.74) is -0.442. The van der Waals surface area contributed by atoms with E-state index in [0.717, 1.165) is 19.5 Å². The molecule has 2 fully saturated rings. The van der Waals surface area contributed by atoms with Crippen LogP contribution in [0.1, 0.15) is 47.0 Å². The van der Waals surface area contributed by atoms with Crippen molar-refractivity contribution < 1.29 is 14.3 Å². The Morgan fingerprint density at radius 1 is 1.32 bits per heavy atom. The van der Waals surface area contributed by atoms with Crippen molar-refractivity contribution in [2.75, 3.05) is 13.1 Å². The number of amides is 1. The van der Waals surface area contributed by atoms with Crippen LogP contribution < -0.4 is 0 Å². The zero-order chi connectivity index (χ0) is 14.2. The summed E-state index contributed by atoms with van der Waals surface area (Å²) >= 11 is 0. The average molecular weight is 267 g/mol. The average Bonchev–Trinajstić information content (AvgIpc) is 2.25. The molecule has 0 spiro atoms. The Hall–Kier alpha value is -1.06. The van der Waals surface area contributed by atoms with Gasteiger partial charge in [0.2, 0.25) is 0 Å². The number of hydrogen-bond donors (Lipinski definition) is 0. The Balaban J connectivity index is 1.98. The number of Topliss-reactive ketones (excluding diaryl/α,β-unsaturated/α-hetero) is 1. The summed E-state index contributed by atoms with van der Waals surface area (Å²) in [6.07, 6.45) is 2.09. The molecule has 1 aliphatic heterocycles. The first-order chi connectivity index (χ1) is 8.76. The topological polar surface area (TPSA) is 46.6 Å².